The van der Waals surface area contributed by atoms with Gasteiger partial charge in [0.2, 0.25) is 11.8 Å². The van der Waals surface area contributed by atoms with Crippen molar-refractivity contribution < 1.29 is 9.59 Å². The van der Waals surface area contributed by atoms with E-state index in [1.165, 1.54) is 11.6 Å². The Bertz CT molecular complexity index is 1280. The van der Waals surface area contributed by atoms with Crippen LogP contribution in [0.1, 0.15) is 23.5 Å². The monoisotopic (exact) mass is 438 g/mol. The highest BCUT2D eigenvalue weighted by atomic mass is 35.5. The number of fused-ring (bicyclic) bond motifs is 1. The summed E-state index contributed by atoms with van der Waals surface area (Å²) in [6.45, 7) is 0.181. The molecule has 1 aromatic heterocycles. The number of hydrogen-bond acceptors (Lipinski definition) is 4. The summed E-state index contributed by atoms with van der Waals surface area (Å²) in [5, 5.41) is 5.86. The minimum Gasteiger partial charge on any atom is -0.326 e. The number of carbonyl (C=O) groups excluding carboxylic acids is 2. The van der Waals surface area contributed by atoms with Crippen molar-refractivity contribution in [1.82, 2.24) is 9.13 Å². The van der Waals surface area contributed by atoms with Crippen LogP contribution < -0.4 is 21.9 Å². The van der Waals surface area contributed by atoms with Gasteiger partial charge in [-0.25, -0.2) is 4.79 Å². The fourth-order valence-corrected chi connectivity index (χ4v) is 3.74. The van der Waals surface area contributed by atoms with Crippen LogP contribution in [0.15, 0.2) is 64.2 Å². The number of benzene rings is 2. The van der Waals surface area contributed by atoms with Gasteiger partial charge in [0.1, 0.15) is 5.82 Å². The Labute approximate surface area is 182 Å². The van der Waals surface area contributed by atoms with E-state index in [4.69, 9.17) is 11.6 Å². The molecule has 0 fully saturated rings. The lowest BCUT2D eigenvalue weighted by Gasteiger charge is -2.14. The first-order valence-corrected chi connectivity index (χ1v) is 9.97. The lowest BCUT2D eigenvalue weighted by Crippen LogP contribution is -2.40. The summed E-state index contributed by atoms with van der Waals surface area (Å²) in [7, 11) is 1.36. The molecule has 1 aliphatic rings. The van der Waals surface area contributed by atoms with Crippen LogP contribution in [-0.2, 0) is 23.2 Å². The Morgan fingerprint density at radius 2 is 1.74 bits per heavy atom. The number of amides is 2. The second kappa shape index (κ2) is 8.23. The Hall–Kier alpha value is -3.65. The van der Waals surface area contributed by atoms with E-state index < -0.39 is 29.0 Å². The third-order valence-electron chi connectivity index (χ3n) is 5.19. The van der Waals surface area contributed by atoms with Crippen molar-refractivity contribution in [3.05, 3.63) is 91.6 Å². The molecule has 9 heteroatoms. The molecule has 3 aromatic rings. The fourth-order valence-electron chi connectivity index (χ4n) is 3.61. The summed E-state index contributed by atoms with van der Waals surface area (Å²) in [6, 6.07) is 15.8. The van der Waals surface area contributed by atoms with Crippen LogP contribution in [0.5, 0.6) is 0 Å². The maximum Gasteiger partial charge on any atom is 0.332 e. The van der Waals surface area contributed by atoms with Crippen LogP contribution in [0.3, 0.4) is 0 Å². The molecule has 2 N–H and O–H groups in total. The summed E-state index contributed by atoms with van der Waals surface area (Å²) in [5.74, 6) is -1.78. The number of carbonyl (C=O) groups is 2. The van der Waals surface area contributed by atoms with Gasteiger partial charge in [-0.1, -0.05) is 41.9 Å². The highest BCUT2D eigenvalue weighted by Crippen LogP contribution is 2.32. The number of anilines is 2. The molecule has 0 saturated heterocycles. The molecule has 1 aliphatic heterocycles. The molecule has 2 aromatic carbocycles. The van der Waals surface area contributed by atoms with Crippen LogP contribution in [-0.4, -0.2) is 20.9 Å². The fraction of sp³-hybridized carbons (Fsp3) is 0.182. The van der Waals surface area contributed by atoms with Crippen molar-refractivity contribution in [3.8, 4) is 0 Å². The highest BCUT2D eigenvalue weighted by Gasteiger charge is 2.38. The molecule has 4 rings (SSSR count). The third-order valence-corrected chi connectivity index (χ3v) is 5.44. The van der Waals surface area contributed by atoms with Gasteiger partial charge in [0.05, 0.1) is 18.0 Å². The second-order valence-corrected chi connectivity index (χ2v) is 7.72. The Balaban J connectivity index is 1.67. The largest absolute Gasteiger partial charge is 0.332 e. The maximum absolute atomic E-state index is 12.8. The number of aromatic nitrogens is 2. The first-order chi connectivity index (χ1) is 14.8. The quantitative estimate of drug-likeness (QED) is 0.638. The van der Waals surface area contributed by atoms with E-state index in [9.17, 15) is 19.2 Å². The predicted molar refractivity (Wildman–Crippen MR) is 118 cm³/mol. The van der Waals surface area contributed by atoms with Crippen LogP contribution in [0.4, 0.5) is 11.5 Å². The summed E-state index contributed by atoms with van der Waals surface area (Å²) in [4.78, 5) is 50.8. The van der Waals surface area contributed by atoms with Crippen molar-refractivity contribution in [3.63, 3.8) is 0 Å². The van der Waals surface area contributed by atoms with Crippen molar-refractivity contribution in [1.29, 1.82) is 0 Å². The first kappa shape index (κ1) is 20.6. The zero-order valence-electron chi connectivity index (χ0n) is 16.6. The summed E-state index contributed by atoms with van der Waals surface area (Å²) >= 11 is 5.85. The summed E-state index contributed by atoms with van der Waals surface area (Å²) in [6.07, 6.45) is -0.236. The van der Waals surface area contributed by atoms with E-state index in [0.29, 0.717) is 10.7 Å². The Morgan fingerprint density at radius 1 is 1.06 bits per heavy atom. The smallest absolute Gasteiger partial charge is 0.326 e. The molecular formula is C22H19ClN4O4. The molecule has 158 valence electrons. The van der Waals surface area contributed by atoms with Gasteiger partial charge < -0.3 is 10.6 Å². The van der Waals surface area contributed by atoms with E-state index in [1.807, 2.05) is 30.3 Å². The molecule has 8 nitrogen and oxygen atoms in total. The Morgan fingerprint density at radius 3 is 2.42 bits per heavy atom. The zero-order chi connectivity index (χ0) is 22.1. The van der Waals surface area contributed by atoms with E-state index in [2.05, 4.69) is 10.6 Å². The van der Waals surface area contributed by atoms with Crippen molar-refractivity contribution >= 4 is 34.9 Å². The minimum absolute atomic E-state index is 0.120. The van der Waals surface area contributed by atoms with Gasteiger partial charge in [-0.15, -0.1) is 0 Å². The van der Waals surface area contributed by atoms with Crippen molar-refractivity contribution in [2.45, 2.75) is 18.9 Å². The normalized spacial score (nSPS) is 14.8. The van der Waals surface area contributed by atoms with Crippen LogP contribution >= 0.6 is 11.6 Å². The van der Waals surface area contributed by atoms with Gasteiger partial charge in [-0.2, -0.15) is 0 Å². The van der Waals surface area contributed by atoms with Crippen molar-refractivity contribution in [2.75, 3.05) is 10.6 Å². The van der Waals surface area contributed by atoms with E-state index in [1.54, 1.807) is 24.3 Å². The van der Waals surface area contributed by atoms with Gasteiger partial charge >= 0.3 is 5.69 Å². The molecule has 0 radical (unpaired) electrons. The molecule has 2 amide bonds. The van der Waals surface area contributed by atoms with Gasteiger partial charge in [-0.3, -0.25) is 23.5 Å². The summed E-state index contributed by atoms with van der Waals surface area (Å²) < 4.78 is 2.31. The topological polar surface area (TPSA) is 102 Å². The van der Waals surface area contributed by atoms with Gasteiger partial charge in [0.25, 0.3) is 5.56 Å². The average Bonchev–Trinajstić information content (AvgIpc) is 3.08. The van der Waals surface area contributed by atoms with E-state index in [0.717, 1.165) is 10.1 Å². The molecule has 0 bridgehead atoms. The van der Waals surface area contributed by atoms with Gasteiger partial charge in [-0.05, 0) is 29.8 Å². The van der Waals surface area contributed by atoms with E-state index >= 15 is 0 Å². The number of nitrogens with one attached hydrogen (secondary N) is 2. The minimum atomic E-state index is -0.997. The van der Waals surface area contributed by atoms with Crippen LogP contribution in [0.25, 0.3) is 0 Å². The molecule has 0 saturated carbocycles. The number of nitrogens with zero attached hydrogens (tertiary/aromatic N) is 2. The maximum atomic E-state index is 12.8. The van der Waals surface area contributed by atoms with Gasteiger partial charge in [0, 0.05) is 24.2 Å². The summed E-state index contributed by atoms with van der Waals surface area (Å²) in [5.41, 5.74) is 0.346. The Kier molecular flexibility index (Phi) is 5.48. The average molecular weight is 439 g/mol. The molecule has 0 spiro atoms. The number of rotatable bonds is 5. The van der Waals surface area contributed by atoms with E-state index in [-0.39, 0.29) is 24.3 Å². The highest BCUT2D eigenvalue weighted by molar-refractivity contribution is 6.30. The molecule has 0 unspecified atom stereocenters. The van der Waals surface area contributed by atoms with Gasteiger partial charge in [0.15, 0.2) is 0 Å². The number of hydrogen-bond donors (Lipinski definition) is 2. The molecule has 2 heterocycles. The zero-order valence-corrected chi connectivity index (χ0v) is 17.3. The van der Waals surface area contributed by atoms with Crippen LogP contribution in [0.2, 0.25) is 5.02 Å². The predicted octanol–water partition coefficient (Wildman–Crippen LogP) is 2.31. The molecular weight excluding hydrogens is 420 g/mol. The van der Waals surface area contributed by atoms with Crippen LogP contribution in [0, 0.1) is 0 Å². The standard InChI is InChI=1S/C22H19ClN4O4/c1-26-21(30)18-16(11-17(28)24-15-9-7-14(23)8-10-15)20(29)25-19(18)27(22(26)31)12-13-5-3-2-4-6-13/h2-10,16H,11-12H2,1H3,(H,24,28)(H,25,29)/t16-/m0/s1. The molecule has 1 atom stereocenters. The SMILES string of the molecule is Cn1c(=O)c2c(n(Cc3ccccc3)c1=O)NC(=O)[C@H]2CC(=O)Nc1ccc(Cl)cc1. The second-order valence-electron chi connectivity index (χ2n) is 7.28. The lowest BCUT2D eigenvalue weighted by atomic mass is 9.99. The third kappa shape index (κ3) is 4.02. The first-order valence-electron chi connectivity index (χ1n) is 9.59. The number of halogens is 1. The molecule has 0 aliphatic carbocycles. The van der Waals surface area contributed by atoms with Crippen molar-refractivity contribution in [2.24, 2.45) is 7.05 Å². The molecule has 31 heavy (non-hydrogen) atoms. The lowest BCUT2D eigenvalue weighted by molar-refractivity contribution is -0.122.